The summed E-state index contributed by atoms with van der Waals surface area (Å²) >= 11 is 1.61. The van der Waals surface area contributed by atoms with E-state index in [2.05, 4.69) is 30.8 Å². The van der Waals surface area contributed by atoms with Crippen LogP contribution in [-0.4, -0.2) is 52.2 Å². The van der Waals surface area contributed by atoms with Gasteiger partial charge in [0.2, 0.25) is 0 Å². The molecule has 1 aliphatic heterocycles. The van der Waals surface area contributed by atoms with Crippen molar-refractivity contribution in [2.24, 2.45) is 0 Å². The van der Waals surface area contributed by atoms with Gasteiger partial charge in [0.25, 0.3) is 0 Å². The molecule has 0 bridgehead atoms. The Kier molecular flexibility index (Phi) is 3.73. The number of aromatic carboxylic acids is 1. The topological polar surface area (TPSA) is 82.5 Å². The number of hydrogen-bond donors (Lipinski definition) is 1. The number of thiophene rings is 1. The van der Waals surface area contributed by atoms with Gasteiger partial charge in [0.15, 0.2) is 5.69 Å². The summed E-state index contributed by atoms with van der Waals surface area (Å²) < 4.78 is 0. The van der Waals surface area contributed by atoms with Crippen LogP contribution >= 0.6 is 11.3 Å². The first-order chi connectivity index (χ1) is 11.7. The van der Waals surface area contributed by atoms with Gasteiger partial charge >= 0.3 is 5.97 Å². The van der Waals surface area contributed by atoms with E-state index in [1.807, 2.05) is 11.4 Å². The lowest BCUT2D eigenvalue weighted by Gasteiger charge is -2.36. The summed E-state index contributed by atoms with van der Waals surface area (Å²) in [7, 11) is 0. The first-order valence-corrected chi connectivity index (χ1v) is 8.49. The molecule has 3 aromatic heterocycles. The highest BCUT2D eigenvalue weighted by atomic mass is 32.1. The molecule has 7 nitrogen and oxygen atoms in total. The Morgan fingerprint density at radius 1 is 1.08 bits per heavy atom. The van der Waals surface area contributed by atoms with Crippen molar-refractivity contribution in [1.29, 1.82) is 0 Å². The Labute approximate surface area is 142 Å². The Morgan fingerprint density at radius 2 is 1.88 bits per heavy atom. The van der Waals surface area contributed by atoms with Crippen molar-refractivity contribution < 1.29 is 9.90 Å². The van der Waals surface area contributed by atoms with Crippen LogP contribution in [0.2, 0.25) is 0 Å². The van der Waals surface area contributed by atoms with Crippen molar-refractivity contribution >= 4 is 39.2 Å². The fourth-order valence-corrected chi connectivity index (χ4v) is 3.62. The number of anilines is 2. The van der Waals surface area contributed by atoms with E-state index in [1.54, 1.807) is 23.7 Å². The van der Waals surface area contributed by atoms with E-state index in [0.29, 0.717) is 5.82 Å². The molecule has 24 heavy (non-hydrogen) atoms. The number of piperazine rings is 1. The number of carboxylic acid groups (broad SMARTS) is 1. The summed E-state index contributed by atoms with van der Waals surface area (Å²) in [6.45, 7) is 3.15. The largest absolute Gasteiger partial charge is 0.477 e. The van der Waals surface area contributed by atoms with Gasteiger partial charge in [-0.2, -0.15) is 0 Å². The van der Waals surface area contributed by atoms with Crippen LogP contribution in [0, 0.1) is 0 Å². The van der Waals surface area contributed by atoms with Crippen LogP contribution in [0.5, 0.6) is 0 Å². The second-order valence-electron chi connectivity index (χ2n) is 5.50. The molecular weight excluding hydrogens is 326 g/mol. The van der Waals surface area contributed by atoms with Crippen molar-refractivity contribution in [3.8, 4) is 0 Å². The molecule has 0 atom stereocenters. The molecule has 122 valence electrons. The van der Waals surface area contributed by atoms with Gasteiger partial charge in [-0.1, -0.05) is 6.07 Å². The molecule has 0 unspecified atom stereocenters. The number of nitrogens with zero attached hydrogens (tertiary/aromatic N) is 5. The van der Waals surface area contributed by atoms with Gasteiger partial charge in [0, 0.05) is 26.2 Å². The number of carbonyl (C=O) groups is 1. The zero-order valence-electron chi connectivity index (χ0n) is 12.8. The van der Waals surface area contributed by atoms with Crippen LogP contribution in [0.1, 0.15) is 10.5 Å². The molecule has 1 saturated heterocycles. The van der Waals surface area contributed by atoms with Crippen molar-refractivity contribution in [2.45, 2.75) is 0 Å². The molecule has 4 rings (SSSR count). The molecule has 0 spiro atoms. The fourth-order valence-electron chi connectivity index (χ4n) is 2.89. The van der Waals surface area contributed by atoms with E-state index in [-0.39, 0.29) is 5.69 Å². The van der Waals surface area contributed by atoms with Gasteiger partial charge < -0.3 is 14.9 Å². The number of fused-ring (bicyclic) bond motifs is 1. The highest BCUT2D eigenvalue weighted by Gasteiger charge is 2.21. The molecule has 0 saturated carbocycles. The predicted molar refractivity (Wildman–Crippen MR) is 93.0 cm³/mol. The Balaban J connectivity index is 1.52. The summed E-state index contributed by atoms with van der Waals surface area (Å²) in [4.78, 5) is 29.4. The number of aromatic nitrogens is 3. The average Bonchev–Trinajstić information content (AvgIpc) is 3.11. The predicted octanol–water partition coefficient (Wildman–Crippen LogP) is 2.11. The second-order valence-corrected chi connectivity index (χ2v) is 6.39. The summed E-state index contributed by atoms with van der Waals surface area (Å²) in [5.74, 6) is 0.669. The lowest BCUT2D eigenvalue weighted by Crippen LogP contribution is -2.47. The van der Waals surface area contributed by atoms with E-state index < -0.39 is 5.97 Å². The SMILES string of the molecule is O=C(O)c1cccc(N2CCN(c3ncnc4sccc34)CC2)n1. The summed E-state index contributed by atoms with van der Waals surface area (Å²) in [6, 6.07) is 7.15. The first-order valence-electron chi connectivity index (χ1n) is 7.61. The summed E-state index contributed by atoms with van der Waals surface area (Å²) in [5, 5.41) is 12.2. The van der Waals surface area contributed by atoms with Crippen LogP contribution in [0.4, 0.5) is 11.6 Å². The molecule has 1 aliphatic rings. The normalized spacial score (nSPS) is 15.0. The maximum absolute atomic E-state index is 11.1. The quantitative estimate of drug-likeness (QED) is 0.781. The van der Waals surface area contributed by atoms with E-state index in [1.165, 1.54) is 6.07 Å². The number of rotatable bonds is 3. The third-order valence-electron chi connectivity index (χ3n) is 4.10. The first kappa shape index (κ1) is 14.8. The highest BCUT2D eigenvalue weighted by Crippen LogP contribution is 2.27. The third-order valence-corrected chi connectivity index (χ3v) is 4.92. The molecule has 1 fully saturated rings. The van der Waals surface area contributed by atoms with Crippen LogP contribution in [0.15, 0.2) is 36.0 Å². The monoisotopic (exact) mass is 341 g/mol. The second kappa shape index (κ2) is 6.04. The summed E-state index contributed by atoms with van der Waals surface area (Å²) in [6.07, 6.45) is 1.61. The highest BCUT2D eigenvalue weighted by molar-refractivity contribution is 7.16. The van der Waals surface area contributed by atoms with Crippen LogP contribution in [0.25, 0.3) is 10.2 Å². The van der Waals surface area contributed by atoms with E-state index in [4.69, 9.17) is 5.11 Å². The van der Waals surface area contributed by atoms with Gasteiger partial charge in [-0.25, -0.2) is 19.7 Å². The average molecular weight is 341 g/mol. The maximum Gasteiger partial charge on any atom is 0.354 e. The lowest BCUT2D eigenvalue weighted by molar-refractivity contribution is 0.0690. The molecule has 3 aromatic rings. The molecule has 8 heteroatoms. The molecular formula is C16H15N5O2S. The van der Waals surface area contributed by atoms with Crippen molar-refractivity contribution in [1.82, 2.24) is 15.0 Å². The van der Waals surface area contributed by atoms with E-state index in [9.17, 15) is 4.79 Å². The minimum atomic E-state index is -1.00. The number of pyridine rings is 1. The van der Waals surface area contributed by atoms with Crippen molar-refractivity contribution in [3.63, 3.8) is 0 Å². The van der Waals surface area contributed by atoms with Crippen LogP contribution in [0.3, 0.4) is 0 Å². The Bertz CT molecular complexity index is 889. The zero-order chi connectivity index (χ0) is 16.5. The zero-order valence-corrected chi connectivity index (χ0v) is 13.6. The summed E-state index contributed by atoms with van der Waals surface area (Å²) in [5.41, 5.74) is 0.0747. The van der Waals surface area contributed by atoms with Gasteiger partial charge in [-0.15, -0.1) is 11.3 Å². The smallest absolute Gasteiger partial charge is 0.354 e. The lowest BCUT2D eigenvalue weighted by atomic mass is 10.2. The molecule has 1 N–H and O–H groups in total. The fraction of sp³-hybridized carbons (Fsp3) is 0.250. The van der Waals surface area contributed by atoms with E-state index in [0.717, 1.165) is 42.2 Å². The maximum atomic E-state index is 11.1. The van der Waals surface area contributed by atoms with E-state index >= 15 is 0 Å². The van der Waals surface area contributed by atoms with Crippen molar-refractivity contribution in [2.75, 3.05) is 36.0 Å². The number of carboxylic acids is 1. The Hall–Kier alpha value is -2.74. The minimum Gasteiger partial charge on any atom is -0.477 e. The molecule has 0 radical (unpaired) electrons. The van der Waals surface area contributed by atoms with Crippen LogP contribution < -0.4 is 9.80 Å². The van der Waals surface area contributed by atoms with Gasteiger partial charge in [0.1, 0.15) is 22.8 Å². The Morgan fingerprint density at radius 3 is 2.67 bits per heavy atom. The van der Waals surface area contributed by atoms with Crippen molar-refractivity contribution in [3.05, 3.63) is 41.7 Å². The van der Waals surface area contributed by atoms with Gasteiger partial charge in [-0.3, -0.25) is 0 Å². The van der Waals surface area contributed by atoms with Crippen LogP contribution in [-0.2, 0) is 0 Å². The minimum absolute atomic E-state index is 0.0747. The standard InChI is InChI=1S/C16H15N5O2S/c22-16(23)12-2-1-3-13(19-12)20-5-7-21(8-6-20)14-11-4-9-24-15(11)18-10-17-14/h1-4,9-10H,5-8H2,(H,22,23). The molecule has 0 aromatic carbocycles. The third kappa shape index (κ3) is 2.65. The van der Waals surface area contributed by atoms with Gasteiger partial charge in [-0.05, 0) is 23.6 Å². The molecule has 0 amide bonds. The molecule has 0 aliphatic carbocycles. The van der Waals surface area contributed by atoms with Gasteiger partial charge in [0.05, 0.1) is 5.39 Å². The number of hydrogen-bond acceptors (Lipinski definition) is 7. The molecule has 4 heterocycles.